The van der Waals surface area contributed by atoms with E-state index >= 15 is 0 Å². The smallest absolute Gasteiger partial charge is 0.0297 e. The van der Waals surface area contributed by atoms with Crippen LogP contribution >= 0.6 is 11.8 Å². The molecule has 12 heavy (non-hydrogen) atoms. The Bertz CT molecular complexity index is 141. The van der Waals surface area contributed by atoms with Crippen LogP contribution in [-0.4, -0.2) is 41.6 Å². The number of hydrogen-bond donors (Lipinski definition) is 1. The molecule has 0 aromatic rings. The second-order valence-corrected chi connectivity index (χ2v) is 5.35. The van der Waals surface area contributed by atoms with E-state index in [1.165, 1.54) is 31.6 Å². The molecule has 2 N–H and O–H groups in total. The predicted octanol–water partition coefficient (Wildman–Crippen LogP) is 0.915. The average Bonchev–Trinajstić information content (AvgIpc) is 2.77. The topological polar surface area (TPSA) is 29.3 Å². The average molecular weight is 186 g/mol. The maximum absolute atomic E-state index is 5.68. The third-order valence-electron chi connectivity index (χ3n) is 2.48. The summed E-state index contributed by atoms with van der Waals surface area (Å²) in [6, 6.07) is 0.473. The first-order chi connectivity index (χ1) is 5.84. The molecular formula is C9H18N2S. The van der Waals surface area contributed by atoms with Gasteiger partial charge in [0.05, 0.1) is 0 Å². The van der Waals surface area contributed by atoms with Crippen LogP contribution in [0.25, 0.3) is 0 Å². The summed E-state index contributed by atoms with van der Waals surface area (Å²) in [4.78, 5) is 2.46. The molecule has 0 unspecified atom stereocenters. The molecule has 2 aliphatic rings. The fourth-order valence-corrected chi connectivity index (χ4v) is 2.66. The van der Waals surface area contributed by atoms with E-state index in [0.29, 0.717) is 6.04 Å². The molecule has 0 bridgehead atoms. The molecule has 3 heteroatoms. The minimum atomic E-state index is 0.473. The lowest BCUT2D eigenvalue weighted by Crippen LogP contribution is -2.55. The van der Waals surface area contributed by atoms with Gasteiger partial charge in [-0.15, -0.1) is 0 Å². The van der Waals surface area contributed by atoms with Crippen molar-refractivity contribution in [2.45, 2.75) is 30.6 Å². The summed E-state index contributed by atoms with van der Waals surface area (Å²) in [6.07, 6.45) is 4.30. The standard InChI is InChI=1S/C9H18N2S/c10-8-6-11(7-8)4-1-5-12-9-2-3-9/h8-9H,1-7,10H2. The number of hydrogen-bond acceptors (Lipinski definition) is 3. The summed E-state index contributed by atoms with van der Waals surface area (Å²) < 4.78 is 0. The number of nitrogens with zero attached hydrogens (tertiary/aromatic N) is 1. The van der Waals surface area contributed by atoms with E-state index in [9.17, 15) is 0 Å². The van der Waals surface area contributed by atoms with Gasteiger partial charge in [0.15, 0.2) is 0 Å². The molecule has 0 aromatic carbocycles. The van der Waals surface area contributed by atoms with Gasteiger partial charge in [0, 0.05) is 24.4 Å². The summed E-state index contributed by atoms with van der Waals surface area (Å²) in [5.41, 5.74) is 5.68. The van der Waals surface area contributed by atoms with Crippen molar-refractivity contribution >= 4 is 11.8 Å². The molecule has 1 heterocycles. The first kappa shape index (κ1) is 8.85. The van der Waals surface area contributed by atoms with E-state index in [1.54, 1.807) is 0 Å². The Hall–Kier alpha value is 0.270. The summed E-state index contributed by atoms with van der Waals surface area (Å²) in [7, 11) is 0. The monoisotopic (exact) mass is 186 g/mol. The normalized spacial score (nSPS) is 25.8. The van der Waals surface area contributed by atoms with Crippen LogP contribution in [0.5, 0.6) is 0 Å². The lowest BCUT2D eigenvalue weighted by Gasteiger charge is -2.36. The number of likely N-dealkylation sites (tertiary alicyclic amines) is 1. The van der Waals surface area contributed by atoms with Gasteiger partial charge in [-0.25, -0.2) is 0 Å². The fraction of sp³-hybridized carbons (Fsp3) is 1.00. The van der Waals surface area contributed by atoms with Gasteiger partial charge in [0.25, 0.3) is 0 Å². The van der Waals surface area contributed by atoms with E-state index in [0.717, 1.165) is 18.3 Å². The Morgan fingerprint density at radius 1 is 1.33 bits per heavy atom. The van der Waals surface area contributed by atoms with Crippen LogP contribution < -0.4 is 5.73 Å². The van der Waals surface area contributed by atoms with Gasteiger partial charge in [0.2, 0.25) is 0 Å². The summed E-state index contributed by atoms with van der Waals surface area (Å²) >= 11 is 2.16. The third-order valence-corrected chi connectivity index (χ3v) is 3.95. The Kier molecular flexibility index (Phi) is 2.94. The van der Waals surface area contributed by atoms with Gasteiger partial charge in [-0.1, -0.05) is 0 Å². The van der Waals surface area contributed by atoms with Crippen LogP contribution in [0.1, 0.15) is 19.3 Å². The van der Waals surface area contributed by atoms with Crippen molar-refractivity contribution in [3.05, 3.63) is 0 Å². The molecule has 0 spiro atoms. The maximum Gasteiger partial charge on any atom is 0.0297 e. The zero-order chi connectivity index (χ0) is 8.39. The van der Waals surface area contributed by atoms with Crippen LogP contribution in [-0.2, 0) is 0 Å². The highest BCUT2D eigenvalue weighted by Gasteiger charge is 2.23. The second-order valence-electron chi connectivity index (χ2n) is 3.94. The molecule has 0 atom stereocenters. The SMILES string of the molecule is NC1CN(CCCSC2CC2)C1. The van der Waals surface area contributed by atoms with Crippen LogP contribution in [0.2, 0.25) is 0 Å². The van der Waals surface area contributed by atoms with Gasteiger partial charge >= 0.3 is 0 Å². The number of thioether (sulfide) groups is 1. The molecule has 0 amide bonds. The zero-order valence-corrected chi connectivity index (χ0v) is 8.35. The van der Waals surface area contributed by atoms with Crippen molar-refractivity contribution in [3.63, 3.8) is 0 Å². The van der Waals surface area contributed by atoms with E-state index in [2.05, 4.69) is 16.7 Å². The van der Waals surface area contributed by atoms with Crippen molar-refractivity contribution in [1.82, 2.24) is 4.90 Å². The van der Waals surface area contributed by atoms with Gasteiger partial charge in [0.1, 0.15) is 0 Å². The first-order valence-corrected chi connectivity index (χ1v) is 5.99. The Labute approximate surface area is 78.9 Å². The third kappa shape index (κ3) is 2.64. The zero-order valence-electron chi connectivity index (χ0n) is 7.54. The van der Waals surface area contributed by atoms with Gasteiger partial charge in [-0.05, 0) is 31.6 Å². The van der Waals surface area contributed by atoms with Crippen LogP contribution in [0.4, 0.5) is 0 Å². The van der Waals surface area contributed by atoms with Crippen LogP contribution in [0.15, 0.2) is 0 Å². The summed E-state index contributed by atoms with van der Waals surface area (Å²) in [6.45, 7) is 3.54. The predicted molar refractivity (Wildman–Crippen MR) is 54.5 cm³/mol. The molecule has 2 fully saturated rings. The van der Waals surface area contributed by atoms with Gasteiger partial charge in [-0.3, -0.25) is 0 Å². The first-order valence-electron chi connectivity index (χ1n) is 4.94. The van der Waals surface area contributed by atoms with E-state index < -0.39 is 0 Å². The lowest BCUT2D eigenvalue weighted by molar-refractivity contribution is 0.152. The molecule has 1 saturated carbocycles. The highest BCUT2D eigenvalue weighted by molar-refractivity contribution is 8.00. The van der Waals surface area contributed by atoms with Crippen LogP contribution in [0.3, 0.4) is 0 Å². The lowest BCUT2D eigenvalue weighted by atomic mass is 10.1. The molecule has 2 rings (SSSR count). The highest BCUT2D eigenvalue weighted by Crippen LogP contribution is 2.34. The number of nitrogens with two attached hydrogens (primary N) is 1. The fourth-order valence-electron chi connectivity index (χ4n) is 1.57. The minimum Gasteiger partial charge on any atom is -0.325 e. The summed E-state index contributed by atoms with van der Waals surface area (Å²) in [5, 5.41) is 1.03. The van der Waals surface area contributed by atoms with Gasteiger partial charge in [-0.2, -0.15) is 11.8 Å². The van der Waals surface area contributed by atoms with Crippen LogP contribution in [0, 0.1) is 0 Å². The van der Waals surface area contributed by atoms with E-state index in [1.807, 2.05) is 0 Å². The maximum atomic E-state index is 5.68. The second kappa shape index (κ2) is 3.99. The van der Waals surface area contributed by atoms with Crippen molar-refractivity contribution in [2.75, 3.05) is 25.4 Å². The van der Waals surface area contributed by atoms with E-state index in [4.69, 9.17) is 5.73 Å². The molecule has 1 saturated heterocycles. The summed E-state index contributed by atoms with van der Waals surface area (Å²) in [5.74, 6) is 1.36. The van der Waals surface area contributed by atoms with Crippen molar-refractivity contribution in [3.8, 4) is 0 Å². The quantitative estimate of drug-likeness (QED) is 0.647. The van der Waals surface area contributed by atoms with E-state index in [-0.39, 0.29) is 0 Å². The Morgan fingerprint density at radius 2 is 2.08 bits per heavy atom. The molecule has 70 valence electrons. The van der Waals surface area contributed by atoms with Gasteiger partial charge < -0.3 is 10.6 Å². The molecule has 1 aliphatic carbocycles. The van der Waals surface area contributed by atoms with Crippen molar-refractivity contribution < 1.29 is 0 Å². The largest absolute Gasteiger partial charge is 0.325 e. The molecule has 0 aromatic heterocycles. The van der Waals surface area contributed by atoms with Crippen molar-refractivity contribution in [2.24, 2.45) is 5.73 Å². The Balaban J connectivity index is 1.41. The van der Waals surface area contributed by atoms with Crippen molar-refractivity contribution in [1.29, 1.82) is 0 Å². The minimum absolute atomic E-state index is 0.473. The molecule has 2 nitrogen and oxygen atoms in total. The molecular weight excluding hydrogens is 168 g/mol. The molecule has 0 radical (unpaired) electrons. The number of rotatable bonds is 5. The molecule has 1 aliphatic heterocycles. The Morgan fingerprint density at radius 3 is 2.67 bits per heavy atom. The highest BCUT2D eigenvalue weighted by atomic mass is 32.2.